The van der Waals surface area contributed by atoms with Crippen molar-refractivity contribution < 1.29 is 19.0 Å². The van der Waals surface area contributed by atoms with Crippen LogP contribution in [0.3, 0.4) is 0 Å². The molecule has 2 aliphatic heterocycles. The van der Waals surface area contributed by atoms with Crippen LogP contribution < -0.4 is 14.5 Å². The van der Waals surface area contributed by atoms with Crippen molar-refractivity contribution in [1.29, 1.82) is 0 Å². The van der Waals surface area contributed by atoms with E-state index in [0.717, 1.165) is 36.3 Å². The van der Waals surface area contributed by atoms with Crippen molar-refractivity contribution in [3.8, 4) is 0 Å². The number of fused-ring (bicyclic) bond motifs is 1. The molecule has 1 amide bonds. The summed E-state index contributed by atoms with van der Waals surface area (Å²) in [4.78, 5) is 23.4. The third kappa shape index (κ3) is 5.42. The molecule has 2 aliphatic rings. The minimum absolute atomic E-state index is 0. The quantitative estimate of drug-likeness (QED) is 0.450. The number of aryl methyl sites for hydroxylation is 1. The number of hydrogen-bond donors (Lipinski definition) is 1. The van der Waals surface area contributed by atoms with Crippen LogP contribution in [-0.4, -0.2) is 63.0 Å². The lowest BCUT2D eigenvalue weighted by Crippen LogP contribution is -2.55. The molecule has 0 unspecified atom stereocenters. The summed E-state index contributed by atoms with van der Waals surface area (Å²) in [7, 11) is -3.82. The first-order chi connectivity index (χ1) is 18.2. The predicted molar refractivity (Wildman–Crippen MR) is 149 cm³/mol. The van der Waals surface area contributed by atoms with Crippen molar-refractivity contribution in [3.05, 3.63) is 77.3 Å². The average molecular weight is 560 g/mol. The molecule has 3 heterocycles. The van der Waals surface area contributed by atoms with Crippen LogP contribution in [-0.2, 0) is 21.2 Å². The number of piperazine rings is 1. The van der Waals surface area contributed by atoms with Gasteiger partial charge < -0.3 is 14.7 Å². The number of benzene rings is 2. The number of amides is 1. The Hall–Kier alpha value is -3.37. The van der Waals surface area contributed by atoms with Gasteiger partial charge in [0.2, 0.25) is 5.91 Å². The smallest absolute Gasteiger partial charge is 0.261 e. The molecular formula is C27H31ClFN5O3S. The van der Waals surface area contributed by atoms with Crippen LogP contribution in [0.5, 0.6) is 0 Å². The summed E-state index contributed by atoms with van der Waals surface area (Å²) >= 11 is 5.98. The number of sulfonamides is 1. The number of carbonyl (C=O) groups excluding carboxylic acids is 1. The highest BCUT2D eigenvalue weighted by Crippen LogP contribution is 2.30. The van der Waals surface area contributed by atoms with Gasteiger partial charge in [-0.05, 0) is 79.9 Å². The molecule has 0 saturated carbocycles. The van der Waals surface area contributed by atoms with Crippen molar-refractivity contribution in [2.24, 2.45) is 0 Å². The Balaban J connectivity index is 0.00000353. The highest BCUT2D eigenvalue weighted by molar-refractivity contribution is 7.92. The summed E-state index contributed by atoms with van der Waals surface area (Å²) in [6.07, 6.45) is 3.19. The Morgan fingerprint density at radius 3 is 2.53 bits per heavy atom. The van der Waals surface area contributed by atoms with Gasteiger partial charge in [0.15, 0.2) is 5.15 Å². The second kappa shape index (κ2) is 10.8. The van der Waals surface area contributed by atoms with Crippen LogP contribution in [0, 0.1) is 5.82 Å². The minimum atomic E-state index is -3.82. The zero-order valence-electron chi connectivity index (χ0n) is 21.0. The largest absolute Gasteiger partial charge is 0.368 e. The summed E-state index contributed by atoms with van der Waals surface area (Å²) in [6, 6.07) is 14.2. The Morgan fingerprint density at radius 1 is 1.08 bits per heavy atom. The van der Waals surface area contributed by atoms with Crippen LogP contribution >= 0.6 is 11.6 Å². The fraction of sp³-hybridized carbons (Fsp3) is 0.333. The summed E-state index contributed by atoms with van der Waals surface area (Å²) in [5.74, 6) is -0.191. The Kier molecular flexibility index (Phi) is 7.45. The van der Waals surface area contributed by atoms with Crippen molar-refractivity contribution in [2.45, 2.75) is 30.7 Å². The Morgan fingerprint density at radius 2 is 1.82 bits per heavy atom. The maximum absolute atomic E-state index is 13.7. The molecule has 3 aromatic rings. The van der Waals surface area contributed by atoms with Crippen LogP contribution in [0.2, 0.25) is 5.15 Å². The highest BCUT2D eigenvalue weighted by Gasteiger charge is 2.31. The van der Waals surface area contributed by atoms with E-state index in [1.54, 1.807) is 48.5 Å². The third-order valence-electron chi connectivity index (χ3n) is 7.13. The van der Waals surface area contributed by atoms with E-state index in [4.69, 9.17) is 11.6 Å². The van der Waals surface area contributed by atoms with Crippen molar-refractivity contribution in [2.75, 3.05) is 47.2 Å². The molecule has 5 rings (SSSR count). The molecule has 0 aliphatic carbocycles. The molecule has 1 fully saturated rings. The number of nitrogens with one attached hydrogen (secondary N) is 1. The molecule has 11 heteroatoms. The van der Waals surface area contributed by atoms with Gasteiger partial charge in [0, 0.05) is 51.7 Å². The lowest BCUT2D eigenvalue weighted by Gasteiger charge is -2.41. The van der Waals surface area contributed by atoms with Gasteiger partial charge in [0.25, 0.3) is 10.0 Å². The monoisotopic (exact) mass is 559 g/mol. The Bertz CT molecular complexity index is 1440. The maximum atomic E-state index is 13.7. The summed E-state index contributed by atoms with van der Waals surface area (Å²) in [5, 5.41) is 0.0767. The lowest BCUT2D eigenvalue weighted by molar-refractivity contribution is -0.132. The van der Waals surface area contributed by atoms with Gasteiger partial charge in [-0.2, -0.15) is 0 Å². The second-order valence-corrected chi connectivity index (χ2v) is 11.5. The molecule has 38 heavy (non-hydrogen) atoms. The molecule has 0 spiro atoms. The van der Waals surface area contributed by atoms with E-state index >= 15 is 0 Å². The van der Waals surface area contributed by atoms with E-state index in [1.807, 2.05) is 11.8 Å². The summed E-state index contributed by atoms with van der Waals surface area (Å²) < 4.78 is 41.7. The fourth-order valence-corrected chi connectivity index (χ4v) is 6.37. The zero-order chi connectivity index (χ0) is 26.9. The third-order valence-corrected chi connectivity index (χ3v) is 8.81. The van der Waals surface area contributed by atoms with Crippen LogP contribution in [0.1, 0.15) is 20.3 Å². The number of anilines is 3. The number of carbonyl (C=O) groups is 1. The number of halogens is 2. The first-order valence-corrected chi connectivity index (χ1v) is 14.4. The second-order valence-electron chi connectivity index (χ2n) is 9.50. The topological polar surface area (TPSA) is 85.8 Å². The average Bonchev–Trinajstić information content (AvgIpc) is 2.93. The summed E-state index contributed by atoms with van der Waals surface area (Å²) in [5.41, 5.74) is 2.99. The molecule has 0 bridgehead atoms. The first-order valence-electron chi connectivity index (χ1n) is 12.5. The fourth-order valence-electron chi connectivity index (χ4n) is 5.08. The molecular weight excluding hydrogens is 529 g/mol. The van der Waals surface area contributed by atoms with Crippen molar-refractivity contribution in [1.82, 2.24) is 9.88 Å². The van der Waals surface area contributed by atoms with Gasteiger partial charge >= 0.3 is 0 Å². The maximum Gasteiger partial charge on any atom is 0.261 e. The SMILES string of the molecule is C[C@H](C(=O)N1CCN(c2ccc(S(=O)(=O)Nc3cccnc3Cl)cc2)CC1)N1CCCc2cc(F)ccc21.[HH]. The summed E-state index contributed by atoms with van der Waals surface area (Å²) in [6.45, 7) is 5.08. The molecule has 2 aromatic carbocycles. The molecule has 0 radical (unpaired) electrons. The van der Waals surface area contributed by atoms with E-state index in [0.29, 0.717) is 26.2 Å². The van der Waals surface area contributed by atoms with Gasteiger partial charge in [0.05, 0.1) is 10.6 Å². The van der Waals surface area contributed by atoms with E-state index < -0.39 is 10.0 Å². The molecule has 1 N–H and O–H groups in total. The number of aromatic nitrogens is 1. The highest BCUT2D eigenvalue weighted by atomic mass is 35.5. The van der Waals surface area contributed by atoms with Crippen molar-refractivity contribution >= 4 is 44.6 Å². The lowest BCUT2D eigenvalue weighted by atomic mass is 9.99. The zero-order valence-corrected chi connectivity index (χ0v) is 22.6. The molecule has 1 saturated heterocycles. The molecule has 1 aromatic heterocycles. The minimum Gasteiger partial charge on any atom is -0.368 e. The van der Waals surface area contributed by atoms with Gasteiger partial charge in [-0.25, -0.2) is 17.8 Å². The van der Waals surface area contributed by atoms with Gasteiger partial charge in [-0.1, -0.05) is 11.6 Å². The van der Waals surface area contributed by atoms with Gasteiger partial charge in [0.1, 0.15) is 11.9 Å². The van der Waals surface area contributed by atoms with Crippen molar-refractivity contribution in [3.63, 3.8) is 0 Å². The number of nitrogens with zero attached hydrogens (tertiary/aromatic N) is 4. The van der Waals surface area contributed by atoms with Crippen LogP contribution in [0.4, 0.5) is 21.5 Å². The van der Waals surface area contributed by atoms with Crippen LogP contribution in [0.15, 0.2) is 65.7 Å². The number of hydrogen-bond acceptors (Lipinski definition) is 6. The first kappa shape index (κ1) is 26.2. The predicted octanol–water partition coefficient (Wildman–Crippen LogP) is 4.41. The van der Waals surface area contributed by atoms with E-state index in [9.17, 15) is 17.6 Å². The van der Waals surface area contributed by atoms with E-state index in [1.165, 1.54) is 12.3 Å². The molecule has 202 valence electrons. The van der Waals surface area contributed by atoms with Gasteiger partial charge in [-0.15, -0.1) is 0 Å². The Labute approximate surface area is 228 Å². The van der Waals surface area contributed by atoms with Gasteiger partial charge in [-0.3, -0.25) is 9.52 Å². The molecule has 8 nitrogen and oxygen atoms in total. The van der Waals surface area contributed by atoms with E-state index in [-0.39, 0.29) is 34.9 Å². The standard InChI is InChI=1S/C27H29ClFN5O3S.H2/c1-19(34-13-3-4-20-18-21(29)6-11-25(20)34)27(35)33-16-14-32(15-17-33)22-7-9-23(10-8-22)38(36,37)31-24-5-2-12-30-26(24)28;/h2,5-12,18-19,31H,3-4,13-17H2,1H3;1H/t19-;/m1./s1. The molecule has 1 atom stereocenters. The van der Waals surface area contributed by atoms with Crippen LogP contribution in [0.25, 0.3) is 0 Å². The normalized spacial score (nSPS) is 16.7. The number of rotatable bonds is 6. The number of pyridine rings is 1. The van der Waals surface area contributed by atoms with E-state index in [2.05, 4.69) is 19.5 Å².